The van der Waals surface area contributed by atoms with Crippen LogP contribution < -0.4 is 4.74 Å². The predicted molar refractivity (Wildman–Crippen MR) is 56.6 cm³/mol. The zero-order valence-corrected chi connectivity index (χ0v) is 9.12. The van der Waals surface area contributed by atoms with E-state index in [9.17, 15) is 4.79 Å². The van der Waals surface area contributed by atoms with E-state index >= 15 is 0 Å². The fraction of sp³-hybridized carbons (Fsp3) is 0.400. The monoisotopic (exact) mass is 229 g/mol. The van der Waals surface area contributed by atoms with Crippen LogP contribution in [0.25, 0.3) is 0 Å². The number of carboxylic acids is 1. The summed E-state index contributed by atoms with van der Waals surface area (Å²) in [5.74, 6) is -0.877. The third kappa shape index (κ3) is 3.09. The number of rotatable bonds is 5. The van der Waals surface area contributed by atoms with E-state index in [0.29, 0.717) is 6.61 Å². The summed E-state index contributed by atoms with van der Waals surface area (Å²) in [6.45, 7) is 2.50. The third-order valence-corrected chi connectivity index (χ3v) is 2.12. The van der Waals surface area contributed by atoms with Crippen LogP contribution in [0, 0.1) is 0 Å². The summed E-state index contributed by atoms with van der Waals surface area (Å²) in [6.07, 6.45) is 4.50. The molecule has 0 aliphatic rings. The van der Waals surface area contributed by atoms with Crippen molar-refractivity contribution in [2.24, 2.45) is 0 Å². The maximum absolute atomic E-state index is 10.9. The van der Waals surface area contributed by atoms with Crippen LogP contribution >= 0.6 is 11.6 Å². The fourth-order valence-electron chi connectivity index (χ4n) is 1.06. The molecular weight excluding hydrogens is 218 g/mol. The first-order chi connectivity index (χ1) is 7.16. The number of unbranched alkanes of at least 4 members (excludes halogenated alkanes) is 1. The highest BCUT2D eigenvalue weighted by Gasteiger charge is 2.15. The minimum absolute atomic E-state index is 0.0252. The Balaban J connectivity index is 2.86. The van der Waals surface area contributed by atoms with Gasteiger partial charge in [0.15, 0.2) is 5.75 Å². The summed E-state index contributed by atoms with van der Waals surface area (Å²) in [6, 6.07) is 0. The van der Waals surface area contributed by atoms with E-state index in [2.05, 4.69) is 4.98 Å². The smallest absolute Gasteiger partial charge is 0.341 e. The number of hydrogen-bond acceptors (Lipinski definition) is 3. The number of ether oxygens (including phenoxy) is 1. The average molecular weight is 230 g/mol. The van der Waals surface area contributed by atoms with Crippen molar-refractivity contribution in [3.8, 4) is 5.75 Å². The van der Waals surface area contributed by atoms with Crippen molar-refractivity contribution < 1.29 is 14.6 Å². The van der Waals surface area contributed by atoms with E-state index in [1.165, 1.54) is 12.4 Å². The highest BCUT2D eigenvalue weighted by molar-refractivity contribution is 6.33. The van der Waals surface area contributed by atoms with Crippen LogP contribution in [0.3, 0.4) is 0 Å². The first-order valence-corrected chi connectivity index (χ1v) is 5.04. The second kappa shape index (κ2) is 5.56. The van der Waals surface area contributed by atoms with Crippen molar-refractivity contribution >= 4 is 17.6 Å². The molecule has 1 rings (SSSR count). The van der Waals surface area contributed by atoms with Crippen molar-refractivity contribution in [1.29, 1.82) is 0 Å². The Kier molecular flexibility index (Phi) is 4.37. The summed E-state index contributed by atoms with van der Waals surface area (Å²) in [5, 5.41) is 9.00. The molecule has 0 saturated heterocycles. The molecule has 0 amide bonds. The molecule has 0 fully saturated rings. The van der Waals surface area contributed by atoms with Crippen LogP contribution in [0.15, 0.2) is 12.4 Å². The van der Waals surface area contributed by atoms with Crippen molar-refractivity contribution in [3.63, 3.8) is 0 Å². The molecule has 15 heavy (non-hydrogen) atoms. The molecule has 4 nitrogen and oxygen atoms in total. The van der Waals surface area contributed by atoms with Gasteiger partial charge in [0.2, 0.25) is 0 Å². The molecular formula is C10H12ClNO3. The van der Waals surface area contributed by atoms with Crippen molar-refractivity contribution in [1.82, 2.24) is 4.98 Å². The van der Waals surface area contributed by atoms with Gasteiger partial charge in [0.05, 0.1) is 17.8 Å². The maximum Gasteiger partial charge on any atom is 0.341 e. The molecule has 5 heteroatoms. The molecule has 0 bridgehead atoms. The summed E-state index contributed by atoms with van der Waals surface area (Å²) >= 11 is 5.71. The molecule has 0 aliphatic heterocycles. The fourth-order valence-corrected chi connectivity index (χ4v) is 1.29. The molecule has 82 valence electrons. The Bertz CT molecular complexity index is 355. The van der Waals surface area contributed by atoms with Gasteiger partial charge >= 0.3 is 5.97 Å². The lowest BCUT2D eigenvalue weighted by Gasteiger charge is -2.08. The normalized spacial score (nSPS) is 10.0. The van der Waals surface area contributed by atoms with Gasteiger partial charge in [-0.3, -0.25) is 4.98 Å². The minimum atomic E-state index is -1.10. The van der Waals surface area contributed by atoms with E-state index in [0.717, 1.165) is 12.8 Å². The molecule has 0 spiro atoms. The maximum atomic E-state index is 10.9. The summed E-state index contributed by atoms with van der Waals surface area (Å²) in [4.78, 5) is 14.7. The zero-order chi connectivity index (χ0) is 11.3. The second-order valence-electron chi connectivity index (χ2n) is 3.00. The Morgan fingerprint density at radius 1 is 1.60 bits per heavy atom. The van der Waals surface area contributed by atoms with E-state index < -0.39 is 5.97 Å². The topological polar surface area (TPSA) is 59.4 Å². The van der Waals surface area contributed by atoms with Crippen LogP contribution in [0.4, 0.5) is 0 Å². The molecule has 1 N–H and O–H groups in total. The lowest BCUT2D eigenvalue weighted by atomic mass is 10.2. The highest BCUT2D eigenvalue weighted by Crippen LogP contribution is 2.24. The number of nitrogens with zero attached hydrogens (tertiary/aromatic N) is 1. The molecule has 0 aromatic carbocycles. The second-order valence-corrected chi connectivity index (χ2v) is 3.41. The number of aromatic carboxylic acids is 1. The molecule has 1 aromatic rings. The van der Waals surface area contributed by atoms with Gasteiger partial charge in [-0.25, -0.2) is 4.79 Å². The van der Waals surface area contributed by atoms with E-state index in [1.54, 1.807) is 0 Å². The number of aromatic nitrogens is 1. The van der Waals surface area contributed by atoms with Crippen molar-refractivity contribution in [2.45, 2.75) is 19.8 Å². The molecule has 1 aromatic heterocycles. The predicted octanol–water partition coefficient (Wildman–Crippen LogP) is 2.61. The van der Waals surface area contributed by atoms with Crippen LogP contribution in [0.1, 0.15) is 30.1 Å². The lowest BCUT2D eigenvalue weighted by molar-refractivity contribution is 0.0692. The van der Waals surface area contributed by atoms with Crippen LogP contribution in [0.5, 0.6) is 5.75 Å². The van der Waals surface area contributed by atoms with Crippen molar-refractivity contribution in [2.75, 3.05) is 6.61 Å². The molecule has 0 saturated carbocycles. The third-order valence-electron chi connectivity index (χ3n) is 1.83. The first kappa shape index (κ1) is 11.8. The summed E-state index contributed by atoms with van der Waals surface area (Å²) < 4.78 is 5.29. The zero-order valence-electron chi connectivity index (χ0n) is 8.36. The average Bonchev–Trinajstić information content (AvgIpc) is 2.17. The molecule has 1 heterocycles. The van der Waals surface area contributed by atoms with Gasteiger partial charge in [0, 0.05) is 6.20 Å². The van der Waals surface area contributed by atoms with Gasteiger partial charge in [-0.1, -0.05) is 24.9 Å². The largest absolute Gasteiger partial charge is 0.491 e. The standard InChI is InChI=1S/C10H12ClNO3/c1-2-3-4-15-8-6-12-5-7(11)9(8)10(13)14/h5-6H,2-4H2,1H3,(H,13,14). The summed E-state index contributed by atoms with van der Waals surface area (Å²) in [5.41, 5.74) is -0.0252. The van der Waals surface area contributed by atoms with E-state index in [1.807, 2.05) is 6.92 Å². The van der Waals surface area contributed by atoms with Gasteiger partial charge in [-0.15, -0.1) is 0 Å². The van der Waals surface area contributed by atoms with Gasteiger partial charge in [-0.2, -0.15) is 0 Å². The van der Waals surface area contributed by atoms with Crippen LogP contribution in [0.2, 0.25) is 5.02 Å². The molecule has 0 radical (unpaired) electrons. The van der Waals surface area contributed by atoms with Gasteiger partial charge in [0.25, 0.3) is 0 Å². The Morgan fingerprint density at radius 2 is 2.33 bits per heavy atom. The number of hydrogen-bond donors (Lipinski definition) is 1. The van der Waals surface area contributed by atoms with E-state index in [4.69, 9.17) is 21.4 Å². The SMILES string of the molecule is CCCCOc1cncc(Cl)c1C(=O)O. The quantitative estimate of drug-likeness (QED) is 0.789. The number of carbonyl (C=O) groups is 1. The lowest BCUT2D eigenvalue weighted by Crippen LogP contribution is -2.05. The summed E-state index contributed by atoms with van der Waals surface area (Å²) in [7, 11) is 0. The van der Waals surface area contributed by atoms with Crippen molar-refractivity contribution in [3.05, 3.63) is 23.0 Å². The Hall–Kier alpha value is -1.29. The number of carboxylic acid groups (broad SMARTS) is 1. The van der Waals surface area contributed by atoms with Crippen LogP contribution in [-0.2, 0) is 0 Å². The number of pyridine rings is 1. The van der Waals surface area contributed by atoms with E-state index in [-0.39, 0.29) is 16.3 Å². The van der Waals surface area contributed by atoms with Crippen LogP contribution in [-0.4, -0.2) is 22.7 Å². The minimum Gasteiger partial charge on any atom is -0.491 e. The van der Waals surface area contributed by atoms with Gasteiger partial charge in [0.1, 0.15) is 5.56 Å². The molecule has 0 aliphatic carbocycles. The Morgan fingerprint density at radius 3 is 2.93 bits per heavy atom. The molecule has 0 unspecified atom stereocenters. The van der Waals surface area contributed by atoms with Gasteiger partial charge < -0.3 is 9.84 Å². The van der Waals surface area contributed by atoms with Gasteiger partial charge in [-0.05, 0) is 6.42 Å². The molecule has 0 atom stereocenters. The first-order valence-electron chi connectivity index (χ1n) is 4.66. The number of halogens is 1. The highest BCUT2D eigenvalue weighted by atomic mass is 35.5. The Labute approximate surface area is 92.8 Å².